The van der Waals surface area contributed by atoms with E-state index in [0.29, 0.717) is 0 Å². The van der Waals surface area contributed by atoms with Crippen LogP contribution in [0.2, 0.25) is 0 Å². The number of likely N-dealkylation sites (tertiary alicyclic amines) is 1. The highest BCUT2D eigenvalue weighted by Crippen LogP contribution is 2.40. The first-order chi connectivity index (χ1) is 20.0. The minimum atomic E-state index is -0.672. The highest BCUT2D eigenvalue weighted by Gasteiger charge is 2.36. The van der Waals surface area contributed by atoms with Gasteiger partial charge in [0.05, 0.1) is 32.3 Å². The Kier molecular flexibility index (Phi) is 10.3. The molecule has 2 fully saturated rings. The van der Waals surface area contributed by atoms with E-state index in [-0.39, 0.29) is 11.8 Å². The van der Waals surface area contributed by atoms with E-state index in [2.05, 4.69) is 46.2 Å². The maximum atomic E-state index is 12.0. The molecular formula is C34H45N3O4. The van der Waals surface area contributed by atoms with Crippen LogP contribution in [0.3, 0.4) is 0 Å². The standard InChI is InChI=1S/C34H45N3O4/c1-40-29-11-12-32-31(23-29)30(28(25-35-32)26-37-19-21-41-22-20-37)10-5-13-34(24-33(38)39)14-17-36(18-15-34)16-6-9-27-7-3-2-4-8-27/h2-4,7-8,11-12,23,25H,5-6,9-10,13-22,24,26H2,1H3,(H,38,39). The van der Waals surface area contributed by atoms with Crippen molar-refractivity contribution in [1.29, 1.82) is 0 Å². The monoisotopic (exact) mass is 559 g/mol. The van der Waals surface area contributed by atoms with E-state index in [1.807, 2.05) is 18.3 Å². The van der Waals surface area contributed by atoms with Crippen molar-refractivity contribution in [2.45, 2.75) is 57.9 Å². The van der Waals surface area contributed by atoms with Gasteiger partial charge in [0.2, 0.25) is 0 Å². The molecule has 0 bridgehead atoms. The number of carboxylic acids is 1. The SMILES string of the molecule is COc1ccc2ncc(CN3CCOCC3)c(CCCC3(CC(=O)O)CCN(CCCc4ccccc4)CC3)c2c1. The van der Waals surface area contributed by atoms with Crippen LogP contribution >= 0.6 is 0 Å². The number of aromatic nitrogens is 1. The quantitative estimate of drug-likeness (QED) is 0.293. The molecule has 0 spiro atoms. The number of carboxylic acid groups (broad SMARTS) is 1. The van der Waals surface area contributed by atoms with Gasteiger partial charge in [0.15, 0.2) is 0 Å². The van der Waals surface area contributed by atoms with Crippen LogP contribution in [-0.4, -0.2) is 78.9 Å². The number of aliphatic carboxylic acids is 1. The fraction of sp³-hybridized carbons (Fsp3) is 0.529. The summed E-state index contributed by atoms with van der Waals surface area (Å²) >= 11 is 0. The Morgan fingerprint density at radius 3 is 2.51 bits per heavy atom. The molecule has 3 aromatic rings. The van der Waals surface area contributed by atoms with Crippen LogP contribution in [0, 0.1) is 5.41 Å². The average Bonchev–Trinajstić information content (AvgIpc) is 2.99. The first-order valence-corrected chi connectivity index (χ1v) is 15.3. The van der Waals surface area contributed by atoms with E-state index in [0.717, 1.165) is 114 Å². The van der Waals surface area contributed by atoms with Gasteiger partial charge in [-0.1, -0.05) is 30.3 Å². The zero-order valence-electron chi connectivity index (χ0n) is 24.5. The molecule has 2 aromatic carbocycles. The second-order valence-electron chi connectivity index (χ2n) is 11.9. The summed E-state index contributed by atoms with van der Waals surface area (Å²) in [5.74, 6) is 0.167. The Labute approximate surface area is 244 Å². The van der Waals surface area contributed by atoms with E-state index in [1.165, 1.54) is 16.7 Å². The third-order valence-corrected chi connectivity index (χ3v) is 9.13. The average molecular weight is 560 g/mol. The molecule has 5 rings (SSSR count). The van der Waals surface area contributed by atoms with Crippen LogP contribution in [0.4, 0.5) is 0 Å². The molecule has 41 heavy (non-hydrogen) atoms. The number of benzene rings is 2. The second-order valence-corrected chi connectivity index (χ2v) is 11.9. The molecule has 1 N–H and O–H groups in total. The molecule has 7 heteroatoms. The van der Waals surface area contributed by atoms with Crippen LogP contribution < -0.4 is 4.74 Å². The Balaban J connectivity index is 1.24. The van der Waals surface area contributed by atoms with Gasteiger partial charge in [0, 0.05) is 31.2 Å². The summed E-state index contributed by atoms with van der Waals surface area (Å²) in [7, 11) is 1.70. The fourth-order valence-electron chi connectivity index (χ4n) is 6.71. The zero-order valence-corrected chi connectivity index (χ0v) is 24.5. The number of ether oxygens (including phenoxy) is 2. The maximum absolute atomic E-state index is 12.0. The second kappa shape index (κ2) is 14.3. The fourth-order valence-corrected chi connectivity index (χ4v) is 6.71. The third kappa shape index (κ3) is 8.06. The van der Waals surface area contributed by atoms with Crippen molar-refractivity contribution in [3.63, 3.8) is 0 Å². The zero-order chi connectivity index (χ0) is 28.5. The number of methoxy groups -OCH3 is 1. The van der Waals surface area contributed by atoms with Crippen molar-refractivity contribution in [3.8, 4) is 5.75 Å². The van der Waals surface area contributed by atoms with Gasteiger partial charge in [-0.3, -0.25) is 14.7 Å². The molecule has 1 aromatic heterocycles. The molecule has 0 amide bonds. The summed E-state index contributed by atoms with van der Waals surface area (Å²) in [6, 6.07) is 16.8. The van der Waals surface area contributed by atoms with Crippen molar-refractivity contribution in [2.24, 2.45) is 5.41 Å². The summed E-state index contributed by atoms with van der Waals surface area (Å²) in [6.45, 7) is 7.30. The number of pyridine rings is 1. The lowest BCUT2D eigenvalue weighted by Crippen LogP contribution is -2.41. The summed E-state index contributed by atoms with van der Waals surface area (Å²) in [4.78, 5) is 21.7. The number of fused-ring (bicyclic) bond motifs is 1. The minimum absolute atomic E-state index is 0.132. The summed E-state index contributed by atoms with van der Waals surface area (Å²) in [5.41, 5.74) is 4.82. The van der Waals surface area contributed by atoms with E-state index in [4.69, 9.17) is 14.5 Å². The van der Waals surface area contributed by atoms with Crippen LogP contribution in [0.25, 0.3) is 10.9 Å². The van der Waals surface area contributed by atoms with Gasteiger partial charge in [-0.2, -0.15) is 0 Å². The molecule has 2 aliphatic rings. The number of hydrogen-bond donors (Lipinski definition) is 1. The summed E-state index contributed by atoms with van der Waals surface area (Å²) in [5, 5.41) is 11.0. The lowest BCUT2D eigenvalue weighted by Gasteiger charge is -2.41. The Morgan fingerprint density at radius 1 is 1.00 bits per heavy atom. The molecule has 0 aliphatic carbocycles. The Morgan fingerprint density at radius 2 is 1.78 bits per heavy atom. The highest BCUT2D eigenvalue weighted by atomic mass is 16.5. The lowest BCUT2D eigenvalue weighted by atomic mass is 9.71. The van der Waals surface area contributed by atoms with E-state index >= 15 is 0 Å². The smallest absolute Gasteiger partial charge is 0.303 e. The molecule has 0 radical (unpaired) electrons. The first-order valence-electron chi connectivity index (χ1n) is 15.3. The highest BCUT2D eigenvalue weighted by molar-refractivity contribution is 5.84. The number of morpholine rings is 1. The normalized spacial score (nSPS) is 18.0. The van der Waals surface area contributed by atoms with Gasteiger partial charge < -0.3 is 19.5 Å². The molecule has 220 valence electrons. The number of aryl methyl sites for hydroxylation is 2. The van der Waals surface area contributed by atoms with Gasteiger partial charge in [-0.05, 0) is 105 Å². The van der Waals surface area contributed by atoms with Crippen LogP contribution in [0.5, 0.6) is 5.75 Å². The van der Waals surface area contributed by atoms with Gasteiger partial charge in [-0.25, -0.2) is 0 Å². The number of hydrogen-bond acceptors (Lipinski definition) is 6. The maximum Gasteiger partial charge on any atom is 0.303 e. The van der Waals surface area contributed by atoms with Crippen molar-refractivity contribution < 1.29 is 19.4 Å². The minimum Gasteiger partial charge on any atom is -0.497 e. The molecule has 2 saturated heterocycles. The first kappa shape index (κ1) is 29.5. The number of carbonyl (C=O) groups is 1. The van der Waals surface area contributed by atoms with Gasteiger partial charge in [0.1, 0.15) is 5.75 Å². The predicted molar refractivity (Wildman–Crippen MR) is 162 cm³/mol. The van der Waals surface area contributed by atoms with Crippen molar-refractivity contribution in [1.82, 2.24) is 14.8 Å². The Hall–Kier alpha value is -3.00. The molecule has 0 saturated carbocycles. The largest absolute Gasteiger partial charge is 0.497 e. The van der Waals surface area contributed by atoms with Gasteiger partial charge >= 0.3 is 5.97 Å². The molecular weight excluding hydrogens is 514 g/mol. The van der Waals surface area contributed by atoms with Crippen LogP contribution in [-0.2, 0) is 28.9 Å². The van der Waals surface area contributed by atoms with E-state index < -0.39 is 5.97 Å². The van der Waals surface area contributed by atoms with E-state index in [1.54, 1.807) is 7.11 Å². The van der Waals surface area contributed by atoms with Crippen LogP contribution in [0.15, 0.2) is 54.7 Å². The number of piperidine rings is 1. The summed E-state index contributed by atoms with van der Waals surface area (Å²) < 4.78 is 11.1. The van der Waals surface area contributed by atoms with Crippen LogP contribution in [0.1, 0.15) is 55.2 Å². The van der Waals surface area contributed by atoms with Gasteiger partial charge in [0.25, 0.3) is 0 Å². The topological polar surface area (TPSA) is 75.1 Å². The van der Waals surface area contributed by atoms with Crippen molar-refractivity contribution in [2.75, 3.05) is 53.0 Å². The lowest BCUT2D eigenvalue weighted by molar-refractivity contribution is -0.140. The summed E-state index contributed by atoms with van der Waals surface area (Å²) in [6.07, 6.45) is 9.25. The van der Waals surface area contributed by atoms with Crippen molar-refractivity contribution in [3.05, 3.63) is 71.4 Å². The third-order valence-electron chi connectivity index (χ3n) is 9.13. The molecule has 7 nitrogen and oxygen atoms in total. The van der Waals surface area contributed by atoms with Crippen molar-refractivity contribution >= 4 is 16.9 Å². The number of nitrogens with zero attached hydrogens (tertiary/aromatic N) is 3. The predicted octanol–water partition coefficient (Wildman–Crippen LogP) is 5.59. The Bertz CT molecular complexity index is 1270. The van der Waals surface area contributed by atoms with Gasteiger partial charge in [-0.15, -0.1) is 0 Å². The van der Waals surface area contributed by atoms with E-state index in [9.17, 15) is 9.90 Å². The molecule has 0 unspecified atom stereocenters. The molecule has 2 aliphatic heterocycles. The molecule has 0 atom stereocenters. The number of rotatable bonds is 13. The molecule has 3 heterocycles.